The fourth-order valence-electron chi connectivity index (χ4n) is 8.50. The van der Waals surface area contributed by atoms with Crippen molar-refractivity contribution in [3.63, 3.8) is 0 Å². The Kier molecular flexibility index (Phi) is 55.3. The predicted molar refractivity (Wildman–Crippen MR) is 299 cm³/mol. The van der Waals surface area contributed by atoms with E-state index < -0.39 is 12.1 Å². The topological polar surface area (TPSA) is 69.6 Å². The molecule has 0 aliphatic rings. The number of amides is 1. The van der Waals surface area contributed by atoms with Crippen LogP contribution in [0.5, 0.6) is 0 Å². The first-order valence-electron chi connectivity index (χ1n) is 28.9. The summed E-state index contributed by atoms with van der Waals surface area (Å²) >= 11 is 0. The van der Waals surface area contributed by atoms with E-state index in [1.807, 2.05) is 0 Å². The molecule has 0 aromatic rings. The second-order valence-electron chi connectivity index (χ2n) is 19.3. The molecule has 0 saturated heterocycles. The van der Waals surface area contributed by atoms with Gasteiger partial charge in [0.05, 0.1) is 18.8 Å². The Hall–Kier alpha value is -2.69. The SMILES string of the molecule is CC/C=C\C/C=C\C/C=C\C/C=C\C/C=C\C/C=C\C/C=C\C/C=C\CCCCCCCCCCC(=O)NC(CO)C(O)CCCCCCCCCCCCCCCCCCCCCCCC. The van der Waals surface area contributed by atoms with Crippen LogP contribution in [0.1, 0.15) is 277 Å². The molecule has 3 N–H and O–H groups in total. The summed E-state index contributed by atoms with van der Waals surface area (Å²) in [7, 11) is 0. The van der Waals surface area contributed by atoms with Gasteiger partial charge < -0.3 is 15.5 Å². The molecule has 0 heterocycles. The number of aliphatic hydroxyl groups excluding tert-OH is 2. The normalized spacial score (nSPS) is 13.6. The number of nitrogens with one attached hydrogen (secondary N) is 1. The van der Waals surface area contributed by atoms with Crippen LogP contribution in [0.25, 0.3) is 0 Å². The van der Waals surface area contributed by atoms with E-state index in [2.05, 4.69) is 116 Å². The zero-order valence-corrected chi connectivity index (χ0v) is 44.4. The van der Waals surface area contributed by atoms with E-state index in [4.69, 9.17) is 0 Å². The van der Waals surface area contributed by atoms with E-state index in [0.717, 1.165) is 77.0 Å². The maximum atomic E-state index is 12.5. The lowest BCUT2D eigenvalue weighted by atomic mass is 10.0. The van der Waals surface area contributed by atoms with Crippen LogP contribution in [0.4, 0.5) is 0 Å². The molecule has 0 rings (SSSR count). The van der Waals surface area contributed by atoms with Crippen molar-refractivity contribution in [1.82, 2.24) is 5.32 Å². The van der Waals surface area contributed by atoms with E-state index in [0.29, 0.717) is 12.8 Å². The van der Waals surface area contributed by atoms with Crippen molar-refractivity contribution < 1.29 is 15.0 Å². The Morgan fingerprint density at radius 3 is 0.985 bits per heavy atom. The fourth-order valence-corrected chi connectivity index (χ4v) is 8.50. The number of carbonyl (C=O) groups is 1. The van der Waals surface area contributed by atoms with Crippen LogP contribution in [-0.2, 0) is 4.79 Å². The average Bonchev–Trinajstić information content (AvgIpc) is 3.33. The third-order valence-corrected chi connectivity index (χ3v) is 12.9. The van der Waals surface area contributed by atoms with Crippen molar-refractivity contribution in [3.05, 3.63) is 97.2 Å². The van der Waals surface area contributed by atoms with Gasteiger partial charge in [0.2, 0.25) is 5.91 Å². The Balaban J connectivity index is 3.56. The predicted octanol–water partition coefficient (Wildman–Crippen LogP) is 19.3. The van der Waals surface area contributed by atoms with E-state index >= 15 is 0 Å². The number of carbonyl (C=O) groups excluding carboxylic acids is 1. The van der Waals surface area contributed by atoms with Crippen molar-refractivity contribution in [1.29, 1.82) is 0 Å². The maximum Gasteiger partial charge on any atom is 0.220 e. The Labute approximate surface area is 417 Å². The van der Waals surface area contributed by atoms with Gasteiger partial charge in [-0.2, -0.15) is 0 Å². The molecular weight excluding hydrogens is 819 g/mol. The molecular formula is C63H111NO3. The molecule has 0 aliphatic heterocycles. The molecule has 0 spiro atoms. The van der Waals surface area contributed by atoms with Crippen molar-refractivity contribution >= 4 is 5.91 Å². The van der Waals surface area contributed by atoms with Gasteiger partial charge in [0.1, 0.15) is 0 Å². The van der Waals surface area contributed by atoms with Crippen LogP contribution < -0.4 is 5.32 Å². The van der Waals surface area contributed by atoms with Crippen LogP contribution in [-0.4, -0.2) is 34.9 Å². The van der Waals surface area contributed by atoms with Crippen molar-refractivity contribution in [2.75, 3.05) is 6.61 Å². The van der Waals surface area contributed by atoms with E-state index in [1.54, 1.807) is 0 Å². The summed E-state index contributed by atoms with van der Waals surface area (Å²) in [5, 5.41) is 23.4. The van der Waals surface area contributed by atoms with Gasteiger partial charge in [-0.1, -0.05) is 291 Å². The zero-order chi connectivity index (χ0) is 48.5. The molecule has 4 heteroatoms. The molecule has 0 fully saturated rings. The highest BCUT2D eigenvalue weighted by molar-refractivity contribution is 5.76. The number of unbranched alkanes of at least 4 members (excludes halogenated alkanes) is 29. The van der Waals surface area contributed by atoms with E-state index in [-0.39, 0.29) is 12.5 Å². The average molecular weight is 931 g/mol. The van der Waals surface area contributed by atoms with Crippen LogP contribution in [0.2, 0.25) is 0 Å². The van der Waals surface area contributed by atoms with Gasteiger partial charge in [0, 0.05) is 6.42 Å². The molecule has 0 saturated carbocycles. The zero-order valence-electron chi connectivity index (χ0n) is 44.4. The molecule has 4 nitrogen and oxygen atoms in total. The summed E-state index contributed by atoms with van der Waals surface area (Å²) < 4.78 is 0. The summed E-state index contributed by atoms with van der Waals surface area (Å²) in [6.45, 7) is 4.26. The smallest absolute Gasteiger partial charge is 0.220 e. The maximum absolute atomic E-state index is 12.5. The first-order valence-corrected chi connectivity index (χ1v) is 28.9. The van der Waals surface area contributed by atoms with Crippen LogP contribution in [0.3, 0.4) is 0 Å². The first-order chi connectivity index (χ1) is 33.2. The lowest BCUT2D eigenvalue weighted by Crippen LogP contribution is -2.45. The van der Waals surface area contributed by atoms with Gasteiger partial charge in [-0.15, -0.1) is 0 Å². The number of hydrogen-bond acceptors (Lipinski definition) is 3. The minimum Gasteiger partial charge on any atom is -0.394 e. The summed E-state index contributed by atoms with van der Waals surface area (Å²) in [6.07, 6.45) is 85.3. The minimum atomic E-state index is -0.670. The highest BCUT2D eigenvalue weighted by Gasteiger charge is 2.20. The van der Waals surface area contributed by atoms with Gasteiger partial charge in [0.25, 0.3) is 0 Å². The molecule has 386 valence electrons. The largest absolute Gasteiger partial charge is 0.394 e. The fraction of sp³-hybridized carbons (Fsp3) is 0.730. The number of hydrogen-bond donors (Lipinski definition) is 3. The molecule has 0 aromatic heterocycles. The summed E-state index contributed by atoms with van der Waals surface area (Å²) in [5.41, 5.74) is 0. The van der Waals surface area contributed by atoms with Crippen LogP contribution in [0.15, 0.2) is 97.2 Å². The second kappa shape index (κ2) is 57.6. The van der Waals surface area contributed by atoms with Crippen LogP contribution >= 0.6 is 0 Å². The monoisotopic (exact) mass is 930 g/mol. The van der Waals surface area contributed by atoms with Crippen LogP contribution in [0, 0.1) is 0 Å². The summed E-state index contributed by atoms with van der Waals surface area (Å²) in [5.74, 6) is -0.0411. The molecule has 0 bridgehead atoms. The summed E-state index contributed by atoms with van der Waals surface area (Å²) in [6, 6.07) is -0.548. The lowest BCUT2D eigenvalue weighted by molar-refractivity contribution is -0.123. The molecule has 0 radical (unpaired) electrons. The van der Waals surface area contributed by atoms with Crippen molar-refractivity contribution in [2.45, 2.75) is 289 Å². The van der Waals surface area contributed by atoms with Crippen molar-refractivity contribution in [2.24, 2.45) is 0 Å². The first kappa shape index (κ1) is 64.3. The summed E-state index contributed by atoms with van der Waals surface area (Å²) in [4.78, 5) is 12.5. The number of rotatable bonds is 52. The van der Waals surface area contributed by atoms with Gasteiger partial charge in [-0.05, 0) is 77.0 Å². The molecule has 0 aliphatic carbocycles. The number of aliphatic hydroxyl groups is 2. The Morgan fingerprint density at radius 1 is 0.373 bits per heavy atom. The molecule has 2 atom stereocenters. The minimum absolute atomic E-state index is 0.0411. The third kappa shape index (κ3) is 54.1. The Bertz CT molecular complexity index is 1240. The highest BCUT2D eigenvalue weighted by atomic mass is 16.3. The van der Waals surface area contributed by atoms with Gasteiger partial charge in [-0.25, -0.2) is 0 Å². The van der Waals surface area contributed by atoms with E-state index in [1.165, 1.54) is 173 Å². The highest BCUT2D eigenvalue weighted by Crippen LogP contribution is 2.17. The quantitative estimate of drug-likeness (QED) is 0.0420. The molecule has 1 amide bonds. The number of allylic oxidation sites excluding steroid dienone is 16. The van der Waals surface area contributed by atoms with Gasteiger partial charge in [0.15, 0.2) is 0 Å². The second-order valence-corrected chi connectivity index (χ2v) is 19.3. The molecule has 2 unspecified atom stereocenters. The lowest BCUT2D eigenvalue weighted by Gasteiger charge is -2.22. The van der Waals surface area contributed by atoms with Gasteiger partial charge in [-0.3, -0.25) is 4.79 Å². The van der Waals surface area contributed by atoms with Crippen molar-refractivity contribution in [3.8, 4) is 0 Å². The standard InChI is InChI=1S/C63H111NO3/c1-3-5-7-9-11-13-15-17-19-21-23-25-27-28-29-30-31-32-33-34-35-36-37-39-41-43-45-47-49-51-53-55-57-59-63(67)64-61(60-65)62(66)58-56-54-52-50-48-46-44-42-40-38-26-24-22-20-18-16-14-12-10-8-6-4-2/h5,7,11,13,17,19,23,25,28-29,31-32,34-35,37,39,61-62,65-66H,3-4,6,8-10,12,14-16,18,20-22,24,26-27,30,33,36,38,40-60H2,1-2H3,(H,64,67)/b7-5-,13-11-,19-17-,25-23-,29-28-,32-31-,35-34-,39-37-. The van der Waals surface area contributed by atoms with Gasteiger partial charge >= 0.3 is 0 Å². The van der Waals surface area contributed by atoms with E-state index in [9.17, 15) is 15.0 Å². The molecule has 67 heavy (non-hydrogen) atoms. The molecule has 0 aromatic carbocycles. The third-order valence-electron chi connectivity index (χ3n) is 12.9. The Morgan fingerprint density at radius 2 is 0.657 bits per heavy atom.